The molecule has 4 heteroatoms. The predicted molar refractivity (Wildman–Crippen MR) is 107 cm³/mol. The molecule has 0 atom stereocenters. The maximum atomic E-state index is 11.2. The summed E-state index contributed by atoms with van der Waals surface area (Å²) in [6, 6.07) is 0. The zero-order valence-corrected chi connectivity index (χ0v) is 17.5. The smallest absolute Gasteiger partial charge is 0.132 e. The van der Waals surface area contributed by atoms with E-state index < -0.39 is 0 Å². The van der Waals surface area contributed by atoms with Crippen molar-refractivity contribution in [2.75, 3.05) is 0 Å². The molecule has 0 aromatic carbocycles. The van der Waals surface area contributed by atoms with Crippen molar-refractivity contribution in [1.29, 1.82) is 0 Å². The van der Waals surface area contributed by atoms with Crippen molar-refractivity contribution in [3.8, 4) is 0 Å². The van der Waals surface area contributed by atoms with Crippen molar-refractivity contribution in [2.45, 2.75) is 118 Å². The summed E-state index contributed by atoms with van der Waals surface area (Å²) in [5, 5.41) is 0. The number of hydrogen-bond acceptors (Lipinski definition) is 4. The van der Waals surface area contributed by atoms with Gasteiger partial charge in [0, 0.05) is 38.5 Å². The lowest BCUT2D eigenvalue weighted by Gasteiger charge is -1.98. The fourth-order valence-electron chi connectivity index (χ4n) is 2.43. The summed E-state index contributed by atoms with van der Waals surface area (Å²) >= 11 is 0. The fourth-order valence-corrected chi connectivity index (χ4v) is 2.43. The van der Waals surface area contributed by atoms with Crippen LogP contribution < -0.4 is 0 Å². The summed E-state index contributed by atoms with van der Waals surface area (Å²) in [5.41, 5.74) is 0. The summed E-state index contributed by atoms with van der Waals surface area (Å²) in [6.45, 7) is 7.38. The van der Waals surface area contributed by atoms with Crippen molar-refractivity contribution in [1.82, 2.24) is 0 Å². The van der Waals surface area contributed by atoms with Gasteiger partial charge in [-0.05, 0) is 46.0 Å². The summed E-state index contributed by atoms with van der Waals surface area (Å²) in [7, 11) is 0. The van der Waals surface area contributed by atoms with Gasteiger partial charge in [0.2, 0.25) is 0 Å². The number of carbonyl (C=O) groups excluding carboxylic acids is 4. The van der Waals surface area contributed by atoms with Gasteiger partial charge in [0.15, 0.2) is 0 Å². The van der Waals surface area contributed by atoms with Crippen LogP contribution in [0.25, 0.3) is 0 Å². The van der Waals surface area contributed by atoms with Crippen LogP contribution in [0.1, 0.15) is 118 Å². The first kappa shape index (κ1) is 26.9. The minimum absolute atomic E-state index is 0.182. The normalized spacial score (nSPS) is 10.0. The SMILES string of the molecule is CCCCC(=O)CCCCC(C)=O.CCCCCC(=O)CCCC(C)=O. The van der Waals surface area contributed by atoms with Crippen LogP contribution in [0.2, 0.25) is 0 Å². The van der Waals surface area contributed by atoms with E-state index >= 15 is 0 Å². The first-order valence-electron chi connectivity index (χ1n) is 10.4. The van der Waals surface area contributed by atoms with E-state index in [0.717, 1.165) is 57.8 Å². The molecule has 152 valence electrons. The van der Waals surface area contributed by atoms with E-state index in [1.54, 1.807) is 13.8 Å². The molecule has 0 N–H and O–H groups in total. The van der Waals surface area contributed by atoms with Crippen LogP contribution in [0.4, 0.5) is 0 Å². The molecule has 0 aliphatic carbocycles. The predicted octanol–water partition coefficient (Wildman–Crippen LogP) is 5.79. The third-order valence-electron chi connectivity index (χ3n) is 4.09. The maximum Gasteiger partial charge on any atom is 0.132 e. The second kappa shape index (κ2) is 20.0. The second-order valence-electron chi connectivity index (χ2n) is 7.10. The van der Waals surface area contributed by atoms with E-state index in [9.17, 15) is 19.2 Å². The Morgan fingerprint density at radius 2 is 0.808 bits per heavy atom. The molecule has 0 radical (unpaired) electrons. The lowest BCUT2D eigenvalue weighted by atomic mass is 10.1. The monoisotopic (exact) mass is 368 g/mol. The van der Waals surface area contributed by atoms with Crippen LogP contribution in [-0.2, 0) is 19.2 Å². The van der Waals surface area contributed by atoms with Crippen LogP contribution in [0.15, 0.2) is 0 Å². The molecule has 0 bridgehead atoms. The number of ketones is 4. The zero-order chi connectivity index (χ0) is 20.2. The molecule has 0 aromatic rings. The van der Waals surface area contributed by atoms with Crippen LogP contribution in [0, 0.1) is 0 Å². The van der Waals surface area contributed by atoms with E-state index in [1.807, 2.05) is 0 Å². The molecular formula is C22H40O4. The van der Waals surface area contributed by atoms with Gasteiger partial charge in [-0.3, -0.25) is 9.59 Å². The van der Waals surface area contributed by atoms with E-state index in [1.165, 1.54) is 0 Å². The highest BCUT2D eigenvalue weighted by Gasteiger charge is 2.02. The van der Waals surface area contributed by atoms with Crippen LogP contribution in [-0.4, -0.2) is 23.1 Å². The Morgan fingerprint density at radius 3 is 1.27 bits per heavy atom. The number of unbranched alkanes of at least 4 members (excludes halogenated alkanes) is 4. The Morgan fingerprint density at radius 1 is 0.462 bits per heavy atom. The zero-order valence-electron chi connectivity index (χ0n) is 17.5. The molecule has 0 spiro atoms. The quantitative estimate of drug-likeness (QED) is 0.323. The molecule has 26 heavy (non-hydrogen) atoms. The number of hydrogen-bond donors (Lipinski definition) is 0. The molecule has 0 aliphatic heterocycles. The van der Waals surface area contributed by atoms with Gasteiger partial charge in [0.1, 0.15) is 23.1 Å². The molecule has 0 heterocycles. The maximum absolute atomic E-state index is 11.2. The molecule has 0 aliphatic rings. The van der Waals surface area contributed by atoms with Gasteiger partial charge in [0.25, 0.3) is 0 Å². The lowest BCUT2D eigenvalue weighted by molar-refractivity contribution is -0.120. The van der Waals surface area contributed by atoms with Crippen molar-refractivity contribution < 1.29 is 19.2 Å². The van der Waals surface area contributed by atoms with Crippen LogP contribution in [0.3, 0.4) is 0 Å². The Balaban J connectivity index is 0. The molecular weight excluding hydrogens is 328 g/mol. The highest BCUT2D eigenvalue weighted by molar-refractivity contribution is 5.80. The van der Waals surface area contributed by atoms with E-state index in [0.29, 0.717) is 43.7 Å². The Labute approximate surface area is 160 Å². The molecule has 0 fully saturated rings. The summed E-state index contributed by atoms with van der Waals surface area (Å²) in [5.74, 6) is 1.07. The standard InChI is InChI=1S/2C11H20O2/c1-3-4-8-11(13)9-6-5-7-10(2)12;1-3-4-5-8-11(13)9-6-7-10(2)12/h2*3-9H2,1-2H3. The molecule has 0 saturated carbocycles. The third kappa shape index (κ3) is 24.9. The second-order valence-corrected chi connectivity index (χ2v) is 7.10. The summed E-state index contributed by atoms with van der Waals surface area (Å²) < 4.78 is 0. The largest absolute Gasteiger partial charge is 0.300 e. The average Bonchev–Trinajstić information content (AvgIpc) is 2.57. The molecule has 4 nitrogen and oxygen atoms in total. The van der Waals surface area contributed by atoms with E-state index in [4.69, 9.17) is 0 Å². The number of carbonyl (C=O) groups is 4. The third-order valence-corrected chi connectivity index (χ3v) is 4.09. The molecule has 0 saturated heterocycles. The highest BCUT2D eigenvalue weighted by Crippen LogP contribution is 2.06. The first-order valence-corrected chi connectivity index (χ1v) is 10.4. The topological polar surface area (TPSA) is 68.3 Å². The summed E-state index contributed by atoms with van der Waals surface area (Å²) in [4.78, 5) is 43.5. The van der Waals surface area contributed by atoms with Crippen molar-refractivity contribution in [3.05, 3.63) is 0 Å². The molecule has 0 rings (SSSR count). The molecule has 0 unspecified atom stereocenters. The Bertz CT molecular complexity index is 399. The van der Waals surface area contributed by atoms with Gasteiger partial charge in [0.05, 0.1) is 0 Å². The van der Waals surface area contributed by atoms with Gasteiger partial charge < -0.3 is 9.59 Å². The molecule has 0 aromatic heterocycles. The highest BCUT2D eigenvalue weighted by atomic mass is 16.1. The molecule has 0 amide bonds. The van der Waals surface area contributed by atoms with E-state index in [2.05, 4.69) is 13.8 Å². The van der Waals surface area contributed by atoms with Gasteiger partial charge in [-0.1, -0.05) is 33.1 Å². The lowest BCUT2D eigenvalue weighted by Crippen LogP contribution is -1.99. The van der Waals surface area contributed by atoms with E-state index in [-0.39, 0.29) is 11.6 Å². The van der Waals surface area contributed by atoms with Crippen LogP contribution >= 0.6 is 0 Å². The van der Waals surface area contributed by atoms with Gasteiger partial charge in [-0.15, -0.1) is 0 Å². The summed E-state index contributed by atoms with van der Waals surface area (Å²) in [6.07, 6.45) is 11.7. The minimum Gasteiger partial charge on any atom is -0.300 e. The van der Waals surface area contributed by atoms with Crippen molar-refractivity contribution >= 4 is 23.1 Å². The van der Waals surface area contributed by atoms with Crippen molar-refractivity contribution in [3.63, 3.8) is 0 Å². The Kier molecular flexibility index (Phi) is 20.7. The number of Topliss-reactive ketones (excluding diaryl/α,β-unsaturated/α-hetero) is 4. The fraction of sp³-hybridized carbons (Fsp3) is 0.818. The Hall–Kier alpha value is -1.32. The number of rotatable bonds is 16. The van der Waals surface area contributed by atoms with Gasteiger partial charge in [-0.2, -0.15) is 0 Å². The first-order chi connectivity index (χ1) is 12.3. The van der Waals surface area contributed by atoms with Gasteiger partial charge >= 0.3 is 0 Å². The van der Waals surface area contributed by atoms with Gasteiger partial charge in [-0.25, -0.2) is 0 Å². The van der Waals surface area contributed by atoms with Crippen molar-refractivity contribution in [2.24, 2.45) is 0 Å². The minimum atomic E-state index is 0.182. The average molecular weight is 369 g/mol. The van der Waals surface area contributed by atoms with Crippen LogP contribution in [0.5, 0.6) is 0 Å².